The van der Waals surface area contributed by atoms with Crippen LogP contribution in [0.15, 0.2) is 30.3 Å². The number of hydrogen-bond donors (Lipinski definition) is 0. The molecule has 2 heteroatoms. The quantitative estimate of drug-likeness (QED) is 0.632. The first-order valence-electron chi connectivity index (χ1n) is 4.99. The molecule has 2 rings (SSSR count). The Bertz CT molecular complexity index is 536. The molecule has 0 spiro atoms. The molecule has 0 bridgehead atoms. The number of hydrogen-bond acceptors (Lipinski definition) is 1. The molecule has 2 nitrogen and oxygen atoms in total. The van der Waals surface area contributed by atoms with Gasteiger partial charge in [0.1, 0.15) is 0 Å². The predicted molar refractivity (Wildman–Crippen MR) is 62.1 cm³/mol. The lowest BCUT2D eigenvalue weighted by molar-refractivity contribution is 0.868. The normalized spacial score (nSPS) is 10.5. The van der Waals surface area contributed by atoms with Gasteiger partial charge < -0.3 is 4.85 Å². The molecular formula is C13H12N2. The van der Waals surface area contributed by atoms with Crippen molar-refractivity contribution in [3.05, 3.63) is 47.3 Å². The maximum atomic E-state index is 6.89. The molecule has 0 unspecified atom stereocenters. The van der Waals surface area contributed by atoms with E-state index >= 15 is 0 Å². The second-order valence-electron chi connectivity index (χ2n) is 3.89. The summed E-state index contributed by atoms with van der Waals surface area (Å²) in [5.41, 5.74) is 2.20. The Hall–Kier alpha value is -1.88. The smallest absolute Gasteiger partial charge is 0.270 e. The van der Waals surface area contributed by atoms with Crippen molar-refractivity contribution in [3.8, 4) is 0 Å². The summed E-state index contributed by atoms with van der Waals surface area (Å²) in [7, 11) is 0. The van der Waals surface area contributed by atoms with Gasteiger partial charge in [0.2, 0.25) is 0 Å². The Labute approximate surface area is 89.4 Å². The molecule has 1 aromatic heterocycles. The van der Waals surface area contributed by atoms with Crippen molar-refractivity contribution >= 4 is 16.7 Å². The van der Waals surface area contributed by atoms with Crippen LogP contribution in [0.3, 0.4) is 0 Å². The fraction of sp³-hybridized carbons (Fsp3) is 0.231. The summed E-state index contributed by atoms with van der Waals surface area (Å²) in [6.45, 7) is 11.2. The number of pyridine rings is 1. The van der Waals surface area contributed by atoms with E-state index < -0.39 is 0 Å². The fourth-order valence-electron chi connectivity index (χ4n) is 1.55. The van der Waals surface area contributed by atoms with Crippen molar-refractivity contribution in [1.82, 2.24) is 4.98 Å². The van der Waals surface area contributed by atoms with Gasteiger partial charge in [0.05, 0.1) is 0 Å². The topological polar surface area (TPSA) is 17.2 Å². The first kappa shape index (κ1) is 9.67. The molecule has 2 aromatic rings. The van der Waals surface area contributed by atoms with E-state index in [2.05, 4.69) is 35.8 Å². The average molecular weight is 196 g/mol. The highest BCUT2D eigenvalue weighted by atomic mass is 14.9. The largest absolute Gasteiger partial charge is 0.361 e. The summed E-state index contributed by atoms with van der Waals surface area (Å²) in [4.78, 5) is 7.56. The summed E-state index contributed by atoms with van der Waals surface area (Å²) in [5.74, 6) is 0.981. The van der Waals surface area contributed by atoms with Gasteiger partial charge in [0, 0.05) is 5.39 Å². The van der Waals surface area contributed by atoms with Crippen LogP contribution in [0.4, 0.5) is 5.82 Å². The van der Waals surface area contributed by atoms with Crippen molar-refractivity contribution in [2.45, 2.75) is 19.8 Å². The van der Waals surface area contributed by atoms with E-state index in [1.54, 1.807) is 6.07 Å². The number of nitrogens with zero attached hydrogens (tertiary/aromatic N) is 2. The van der Waals surface area contributed by atoms with E-state index in [-0.39, 0.29) is 0 Å². The molecule has 0 N–H and O–H groups in total. The van der Waals surface area contributed by atoms with Crippen LogP contribution in [0.25, 0.3) is 15.7 Å². The SMILES string of the molecule is [C-]#[N+]c1ccc2cc(C(C)C)ccc2n1. The highest BCUT2D eigenvalue weighted by Gasteiger charge is 2.04. The number of fused-ring (bicyclic) bond motifs is 1. The van der Waals surface area contributed by atoms with E-state index in [0.717, 1.165) is 10.9 Å². The van der Waals surface area contributed by atoms with Crippen LogP contribution >= 0.6 is 0 Å². The van der Waals surface area contributed by atoms with E-state index in [1.807, 2.05) is 12.1 Å². The Kier molecular flexibility index (Phi) is 2.39. The van der Waals surface area contributed by atoms with Crippen LogP contribution in [0.1, 0.15) is 25.3 Å². The maximum Gasteiger partial charge on any atom is 0.270 e. The number of benzene rings is 1. The lowest BCUT2D eigenvalue weighted by Gasteiger charge is -2.04. The van der Waals surface area contributed by atoms with Crippen LogP contribution in [-0.2, 0) is 0 Å². The van der Waals surface area contributed by atoms with Crippen molar-refractivity contribution < 1.29 is 0 Å². The van der Waals surface area contributed by atoms with Crippen LogP contribution in [-0.4, -0.2) is 4.98 Å². The fourth-order valence-corrected chi connectivity index (χ4v) is 1.55. The molecule has 0 saturated heterocycles. The van der Waals surface area contributed by atoms with Crippen LogP contribution < -0.4 is 0 Å². The minimum atomic E-state index is 0.458. The molecule has 1 aromatic carbocycles. The van der Waals surface area contributed by atoms with Crippen molar-refractivity contribution in [3.63, 3.8) is 0 Å². The summed E-state index contributed by atoms with van der Waals surface area (Å²) in [6, 6.07) is 9.93. The molecule has 0 aliphatic rings. The van der Waals surface area contributed by atoms with E-state index in [1.165, 1.54) is 5.56 Å². The number of rotatable bonds is 1. The van der Waals surface area contributed by atoms with Gasteiger partial charge in [0.25, 0.3) is 5.82 Å². The van der Waals surface area contributed by atoms with Crippen LogP contribution in [0, 0.1) is 6.57 Å². The van der Waals surface area contributed by atoms with Crippen molar-refractivity contribution in [1.29, 1.82) is 0 Å². The summed E-state index contributed by atoms with van der Waals surface area (Å²) in [6.07, 6.45) is 0. The molecule has 0 fully saturated rings. The molecule has 0 amide bonds. The van der Waals surface area contributed by atoms with Crippen molar-refractivity contribution in [2.75, 3.05) is 0 Å². The third-order valence-corrected chi connectivity index (χ3v) is 2.48. The van der Waals surface area contributed by atoms with Gasteiger partial charge in [-0.2, -0.15) is 0 Å². The first-order valence-corrected chi connectivity index (χ1v) is 4.99. The Morgan fingerprint density at radius 2 is 2.00 bits per heavy atom. The molecule has 15 heavy (non-hydrogen) atoms. The molecular weight excluding hydrogens is 184 g/mol. The molecule has 0 aliphatic heterocycles. The standard InChI is InChI=1S/C13H12N2/c1-9(2)10-4-6-12-11(8-10)5-7-13(14-3)15-12/h4-9H,1-2H3. The highest BCUT2D eigenvalue weighted by Crippen LogP contribution is 2.22. The lowest BCUT2D eigenvalue weighted by Crippen LogP contribution is -1.87. The van der Waals surface area contributed by atoms with Crippen LogP contribution in [0.2, 0.25) is 0 Å². The zero-order chi connectivity index (χ0) is 10.8. The zero-order valence-electron chi connectivity index (χ0n) is 8.86. The third-order valence-electron chi connectivity index (χ3n) is 2.48. The van der Waals surface area contributed by atoms with Gasteiger partial charge >= 0.3 is 0 Å². The van der Waals surface area contributed by atoms with E-state index in [4.69, 9.17) is 6.57 Å². The molecule has 0 saturated carbocycles. The molecule has 0 atom stereocenters. The Morgan fingerprint density at radius 1 is 1.20 bits per heavy atom. The molecule has 0 aliphatic carbocycles. The molecule has 1 heterocycles. The second-order valence-corrected chi connectivity index (χ2v) is 3.89. The van der Waals surface area contributed by atoms with E-state index in [9.17, 15) is 0 Å². The summed E-state index contributed by atoms with van der Waals surface area (Å²) < 4.78 is 0. The molecule has 0 radical (unpaired) electrons. The summed E-state index contributed by atoms with van der Waals surface area (Å²) in [5, 5.41) is 1.11. The maximum absolute atomic E-state index is 6.89. The lowest BCUT2D eigenvalue weighted by atomic mass is 10.0. The van der Waals surface area contributed by atoms with Crippen molar-refractivity contribution in [2.24, 2.45) is 0 Å². The minimum absolute atomic E-state index is 0.458. The van der Waals surface area contributed by atoms with Gasteiger partial charge in [0.15, 0.2) is 5.52 Å². The van der Waals surface area contributed by atoms with E-state index in [0.29, 0.717) is 11.7 Å². The zero-order valence-corrected chi connectivity index (χ0v) is 8.86. The summed E-state index contributed by atoms with van der Waals surface area (Å²) >= 11 is 0. The van der Waals surface area contributed by atoms with Gasteiger partial charge in [-0.15, -0.1) is 4.98 Å². The predicted octanol–water partition coefficient (Wildman–Crippen LogP) is 3.91. The second kappa shape index (κ2) is 3.70. The average Bonchev–Trinajstić information content (AvgIpc) is 2.27. The minimum Gasteiger partial charge on any atom is -0.361 e. The monoisotopic (exact) mass is 196 g/mol. The van der Waals surface area contributed by atoms with Gasteiger partial charge in [-0.05, 0) is 29.7 Å². The van der Waals surface area contributed by atoms with Crippen LogP contribution in [0.5, 0.6) is 0 Å². The Balaban J connectivity index is 2.61. The first-order chi connectivity index (χ1) is 7.20. The third kappa shape index (κ3) is 1.82. The number of aromatic nitrogens is 1. The molecule has 74 valence electrons. The highest BCUT2D eigenvalue weighted by molar-refractivity contribution is 5.81. The van der Waals surface area contributed by atoms with Gasteiger partial charge in [-0.3, -0.25) is 0 Å². The van der Waals surface area contributed by atoms with Gasteiger partial charge in [-0.1, -0.05) is 32.6 Å². The van der Waals surface area contributed by atoms with Gasteiger partial charge in [-0.25, -0.2) is 0 Å². The Morgan fingerprint density at radius 3 is 2.67 bits per heavy atom.